The number of hydrogen-bond acceptors (Lipinski definition) is 7. The van der Waals surface area contributed by atoms with Gasteiger partial charge in [0, 0.05) is 40.0 Å². The van der Waals surface area contributed by atoms with E-state index in [1.807, 2.05) is 0 Å². The third-order valence-corrected chi connectivity index (χ3v) is 4.46. The van der Waals surface area contributed by atoms with Crippen LogP contribution in [0.2, 0.25) is 0 Å². The molecule has 0 saturated carbocycles. The molecule has 9 heteroatoms. The molecule has 0 radical (unpaired) electrons. The Bertz CT molecular complexity index is 771. The van der Waals surface area contributed by atoms with E-state index in [9.17, 15) is 9.59 Å². The normalized spacial score (nSPS) is 14.5. The summed E-state index contributed by atoms with van der Waals surface area (Å²) in [5, 5.41) is 7.76. The molecule has 1 fully saturated rings. The van der Waals surface area contributed by atoms with Crippen LogP contribution in [0.15, 0.2) is 9.05 Å². The number of hydrogen-bond donors (Lipinski definition) is 0. The van der Waals surface area contributed by atoms with Crippen molar-refractivity contribution in [1.29, 1.82) is 0 Å². The van der Waals surface area contributed by atoms with Gasteiger partial charge in [-0.05, 0) is 13.8 Å². The summed E-state index contributed by atoms with van der Waals surface area (Å²) >= 11 is 0. The lowest BCUT2D eigenvalue weighted by Gasteiger charge is -2.36. The summed E-state index contributed by atoms with van der Waals surface area (Å²) in [6, 6.07) is 0. The van der Waals surface area contributed by atoms with E-state index in [1.165, 1.54) is 6.92 Å². The average molecular weight is 347 g/mol. The molecule has 1 aliphatic heterocycles. The SMILES string of the molecule is CC(=O)N(C)CCc1noc(C2CN(C(=O)c3c(C)noc3C)C2)n1. The molecule has 0 atom stereocenters. The zero-order valence-corrected chi connectivity index (χ0v) is 14.8. The quantitative estimate of drug-likeness (QED) is 0.792. The maximum absolute atomic E-state index is 12.5. The highest BCUT2D eigenvalue weighted by Gasteiger charge is 2.37. The Labute approximate surface area is 144 Å². The lowest BCUT2D eigenvalue weighted by molar-refractivity contribution is -0.127. The molecule has 3 heterocycles. The number of aromatic nitrogens is 3. The second-order valence-corrected chi connectivity index (χ2v) is 6.35. The summed E-state index contributed by atoms with van der Waals surface area (Å²) in [4.78, 5) is 31.4. The molecule has 0 N–H and O–H groups in total. The van der Waals surface area contributed by atoms with Gasteiger partial charge in [0.1, 0.15) is 11.3 Å². The number of likely N-dealkylation sites (N-methyl/N-ethyl adjacent to an activating group) is 1. The van der Waals surface area contributed by atoms with Crippen LogP contribution in [-0.4, -0.2) is 63.6 Å². The van der Waals surface area contributed by atoms with Gasteiger partial charge >= 0.3 is 0 Å². The third-order valence-electron chi connectivity index (χ3n) is 4.46. The van der Waals surface area contributed by atoms with E-state index in [4.69, 9.17) is 9.05 Å². The second-order valence-electron chi connectivity index (χ2n) is 6.35. The fourth-order valence-electron chi connectivity index (χ4n) is 2.71. The van der Waals surface area contributed by atoms with E-state index in [-0.39, 0.29) is 17.7 Å². The predicted molar refractivity (Wildman–Crippen MR) is 85.9 cm³/mol. The van der Waals surface area contributed by atoms with Gasteiger partial charge in [0.05, 0.1) is 11.6 Å². The topological polar surface area (TPSA) is 106 Å². The standard InChI is InChI=1S/C16H21N5O4/c1-9-14(10(2)24-18-9)16(23)21-7-12(8-21)15-17-13(19-25-15)5-6-20(4)11(3)22/h12H,5-8H2,1-4H3. The first-order chi connectivity index (χ1) is 11.9. The summed E-state index contributed by atoms with van der Waals surface area (Å²) in [5.41, 5.74) is 1.12. The van der Waals surface area contributed by atoms with Crippen LogP contribution in [0.25, 0.3) is 0 Å². The Morgan fingerprint density at radius 3 is 2.56 bits per heavy atom. The molecule has 0 unspecified atom stereocenters. The number of nitrogens with zero attached hydrogens (tertiary/aromatic N) is 5. The Hall–Kier alpha value is -2.71. The van der Waals surface area contributed by atoms with E-state index in [1.54, 1.807) is 30.7 Å². The summed E-state index contributed by atoms with van der Waals surface area (Å²) in [7, 11) is 1.73. The Balaban J connectivity index is 1.55. The van der Waals surface area contributed by atoms with Crippen LogP contribution in [0.3, 0.4) is 0 Å². The first-order valence-corrected chi connectivity index (χ1v) is 8.13. The van der Waals surface area contributed by atoms with E-state index in [2.05, 4.69) is 15.3 Å². The maximum atomic E-state index is 12.5. The number of carbonyl (C=O) groups is 2. The fraction of sp³-hybridized carbons (Fsp3) is 0.562. The van der Waals surface area contributed by atoms with Gasteiger partial charge in [-0.1, -0.05) is 10.3 Å². The Morgan fingerprint density at radius 1 is 1.24 bits per heavy atom. The molecule has 1 saturated heterocycles. The summed E-state index contributed by atoms with van der Waals surface area (Å²) in [6.45, 7) is 6.59. The third kappa shape index (κ3) is 3.40. The van der Waals surface area contributed by atoms with Gasteiger partial charge in [0.15, 0.2) is 5.82 Å². The average Bonchev–Trinajstić information content (AvgIpc) is 3.10. The molecule has 2 amide bonds. The molecule has 25 heavy (non-hydrogen) atoms. The van der Waals surface area contributed by atoms with E-state index in [0.29, 0.717) is 54.8 Å². The van der Waals surface area contributed by atoms with Crippen LogP contribution in [0.4, 0.5) is 0 Å². The van der Waals surface area contributed by atoms with E-state index < -0.39 is 0 Å². The smallest absolute Gasteiger partial charge is 0.259 e. The second kappa shape index (κ2) is 6.66. The van der Waals surface area contributed by atoms with Gasteiger partial charge in [-0.3, -0.25) is 9.59 Å². The van der Waals surface area contributed by atoms with E-state index in [0.717, 1.165) is 0 Å². The van der Waals surface area contributed by atoms with Gasteiger partial charge in [-0.25, -0.2) is 0 Å². The fourth-order valence-corrected chi connectivity index (χ4v) is 2.71. The van der Waals surface area contributed by atoms with E-state index >= 15 is 0 Å². The molecule has 0 spiro atoms. The minimum Gasteiger partial charge on any atom is -0.361 e. The number of amides is 2. The predicted octanol–water partition coefficient (Wildman–Crippen LogP) is 0.935. The minimum absolute atomic E-state index is 0.00353. The van der Waals surface area contributed by atoms with Gasteiger partial charge < -0.3 is 18.8 Å². The van der Waals surface area contributed by atoms with Crippen LogP contribution in [0, 0.1) is 13.8 Å². The highest BCUT2D eigenvalue weighted by Crippen LogP contribution is 2.28. The van der Waals surface area contributed by atoms with Crippen molar-refractivity contribution >= 4 is 11.8 Å². The Morgan fingerprint density at radius 2 is 1.96 bits per heavy atom. The lowest BCUT2D eigenvalue weighted by atomic mass is 9.98. The van der Waals surface area contributed by atoms with Crippen molar-refractivity contribution < 1.29 is 18.6 Å². The molecule has 2 aromatic rings. The number of likely N-dealkylation sites (tertiary alicyclic amines) is 1. The number of rotatable bonds is 5. The monoisotopic (exact) mass is 347 g/mol. The van der Waals surface area contributed by atoms with Gasteiger partial charge in [-0.15, -0.1) is 0 Å². The summed E-state index contributed by atoms with van der Waals surface area (Å²) < 4.78 is 10.3. The molecule has 9 nitrogen and oxygen atoms in total. The molecule has 134 valence electrons. The van der Waals surface area contributed by atoms with Crippen molar-refractivity contribution in [3.05, 3.63) is 28.7 Å². The molecule has 0 aromatic carbocycles. The van der Waals surface area contributed by atoms with Crippen LogP contribution in [0.5, 0.6) is 0 Å². The molecular formula is C16H21N5O4. The van der Waals surface area contributed by atoms with Crippen molar-refractivity contribution in [2.75, 3.05) is 26.7 Å². The van der Waals surface area contributed by atoms with Gasteiger partial charge in [0.25, 0.3) is 5.91 Å². The van der Waals surface area contributed by atoms with Crippen molar-refractivity contribution in [2.45, 2.75) is 33.1 Å². The number of aryl methyl sites for hydroxylation is 2. The summed E-state index contributed by atoms with van der Waals surface area (Å²) in [5.74, 6) is 1.57. The zero-order chi connectivity index (χ0) is 18.1. The molecule has 0 aliphatic carbocycles. The van der Waals surface area contributed by atoms with Crippen molar-refractivity contribution in [2.24, 2.45) is 0 Å². The zero-order valence-electron chi connectivity index (χ0n) is 14.8. The van der Waals surface area contributed by atoms with Gasteiger partial charge in [0.2, 0.25) is 11.8 Å². The summed E-state index contributed by atoms with van der Waals surface area (Å²) in [6.07, 6.45) is 0.536. The highest BCUT2D eigenvalue weighted by atomic mass is 16.5. The van der Waals surface area contributed by atoms with Crippen molar-refractivity contribution in [1.82, 2.24) is 25.1 Å². The molecule has 3 rings (SSSR count). The first-order valence-electron chi connectivity index (χ1n) is 8.13. The van der Waals surface area contributed by atoms with Crippen molar-refractivity contribution in [3.8, 4) is 0 Å². The highest BCUT2D eigenvalue weighted by molar-refractivity contribution is 5.96. The van der Waals surface area contributed by atoms with Crippen LogP contribution < -0.4 is 0 Å². The molecule has 2 aromatic heterocycles. The van der Waals surface area contributed by atoms with Crippen LogP contribution >= 0.6 is 0 Å². The van der Waals surface area contributed by atoms with Crippen molar-refractivity contribution in [3.63, 3.8) is 0 Å². The molecular weight excluding hydrogens is 326 g/mol. The Kier molecular flexibility index (Phi) is 4.56. The lowest BCUT2D eigenvalue weighted by Crippen LogP contribution is -2.48. The largest absolute Gasteiger partial charge is 0.361 e. The molecule has 0 bridgehead atoms. The van der Waals surface area contributed by atoms with Crippen LogP contribution in [0.1, 0.15) is 46.4 Å². The number of carbonyl (C=O) groups excluding carboxylic acids is 2. The van der Waals surface area contributed by atoms with Gasteiger partial charge in [-0.2, -0.15) is 4.98 Å². The van der Waals surface area contributed by atoms with Crippen LogP contribution in [-0.2, 0) is 11.2 Å². The molecule has 1 aliphatic rings. The minimum atomic E-state index is -0.0877. The maximum Gasteiger partial charge on any atom is 0.259 e. The first kappa shape index (κ1) is 17.1.